The molecule has 1 aromatic heterocycles. The van der Waals surface area contributed by atoms with Crippen molar-refractivity contribution in [2.45, 2.75) is 17.2 Å². The standard InChI is InChI=1S/C8H10FNOS/c1-6(5-11)12-8-3-2-7(9)4-10-8/h2-4,6,11H,5H2,1H3. The predicted octanol–water partition coefficient (Wildman–Crippen LogP) is 1.69. The lowest BCUT2D eigenvalue weighted by Crippen LogP contribution is -2.01. The molecule has 1 atom stereocenters. The quantitative estimate of drug-likeness (QED) is 0.731. The van der Waals surface area contributed by atoms with Gasteiger partial charge in [-0.1, -0.05) is 6.92 Å². The molecule has 0 saturated heterocycles. The van der Waals surface area contributed by atoms with Crippen molar-refractivity contribution in [3.8, 4) is 0 Å². The summed E-state index contributed by atoms with van der Waals surface area (Å²) < 4.78 is 12.4. The van der Waals surface area contributed by atoms with Crippen LogP contribution < -0.4 is 0 Å². The minimum Gasteiger partial charge on any atom is -0.395 e. The molecule has 1 rings (SSSR count). The molecule has 0 aliphatic heterocycles. The van der Waals surface area contributed by atoms with E-state index in [4.69, 9.17) is 5.11 Å². The number of hydrogen-bond acceptors (Lipinski definition) is 3. The van der Waals surface area contributed by atoms with Gasteiger partial charge in [0.05, 0.1) is 17.8 Å². The number of pyridine rings is 1. The first kappa shape index (κ1) is 9.48. The fourth-order valence-electron chi connectivity index (χ4n) is 0.675. The van der Waals surface area contributed by atoms with Crippen LogP contribution in [0.4, 0.5) is 4.39 Å². The maximum atomic E-state index is 12.4. The summed E-state index contributed by atoms with van der Waals surface area (Å²) in [5.74, 6) is -0.337. The molecule has 1 unspecified atom stereocenters. The van der Waals surface area contributed by atoms with E-state index >= 15 is 0 Å². The number of aliphatic hydroxyl groups excluding tert-OH is 1. The molecule has 0 saturated carbocycles. The van der Waals surface area contributed by atoms with Gasteiger partial charge in [-0.15, -0.1) is 11.8 Å². The lowest BCUT2D eigenvalue weighted by Gasteiger charge is -2.05. The number of halogens is 1. The van der Waals surface area contributed by atoms with E-state index in [0.717, 1.165) is 5.03 Å². The van der Waals surface area contributed by atoms with Crippen LogP contribution in [0.3, 0.4) is 0 Å². The summed E-state index contributed by atoms with van der Waals surface area (Å²) in [5.41, 5.74) is 0. The van der Waals surface area contributed by atoms with Crippen LogP contribution in [0.1, 0.15) is 6.92 Å². The van der Waals surface area contributed by atoms with Gasteiger partial charge in [-0.2, -0.15) is 0 Å². The molecule has 0 fully saturated rings. The topological polar surface area (TPSA) is 33.1 Å². The summed E-state index contributed by atoms with van der Waals surface area (Å²) in [6.45, 7) is 1.99. The van der Waals surface area contributed by atoms with Gasteiger partial charge in [0, 0.05) is 5.25 Å². The number of rotatable bonds is 3. The van der Waals surface area contributed by atoms with E-state index in [1.165, 1.54) is 24.0 Å². The molecular weight excluding hydrogens is 177 g/mol. The van der Waals surface area contributed by atoms with E-state index in [1.807, 2.05) is 6.92 Å². The SMILES string of the molecule is CC(CO)Sc1ccc(F)cn1. The number of hydrogen-bond donors (Lipinski definition) is 1. The van der Waals surface area contributed by atoms with Gasteiger partial charge < -0.3 is 5.11 Å². The number of aromatic nitrogens is 1. The minimum atomic E-state index is -0.337. The van der Waals surface area contributed by atoms with Crippen LogP contribution in [0.15, 0.2) is 23.4 Å². The first-order valence-electron chi connectivity index (χ1n) is 3.61. The van der Waals surface area contributed by atoms with Crippen LogP contribution >= 0.6 is 11.8 Å². The van der Waals surface area contributed by atoms with Crippen LogP contribution in [-0.2, 0) is 0 Å². The molecular formula is C8H10FNOS. The Morgan fingerprint density at radius 3 is 2.92 bits per heavy atom. The van der Waals surface area contributed by atoms with E-state index in [-0.39, 0.29) is 17.7 Å². The second-order valence-corrected chi connectivity index (χ2v) is 3.88. The summed E-state index contributed by atoms with van der Waals surface area (Å²) in [5, 5.41) is 9.56. The normalized spacial score (nSPS) is 12.9. The second-order valence-electron chi connectivity index (χ2n) is 2.43. The Morgan fingerprint density at radius 1 is 1.67 bits per heavy atom. The average molecular weight is 187 g/mol. The molecule has 4 heteroatoms. The molecule has 0 aliphatic carbocycles. The Kier molecular flexibility index (Phi) is 3.49. The molecule has 2 nitrogen and oxygen atoms in total. The fourth-order valence-corrected chi connectivity index (χ4v) is 1.42. The van der Waals surface area contributed by atoms with Crippen molar-refractivity contribution in [3.63, 3.8) is 0 Å². The number of nitrogens with zero attached hydrogens (tertiary/aromatic N) is 1. The molecule has 1 aromatic rings. The first-order valence-corrected chi connectivity index (χ1v) is 4.49. The fraction of sp³-hybridized carbons (Fsp3) is 0.375. The Labute approximate surface area is 74.8 Å². The Bertz CT molecular complexity index is 239. The zero-order valence-corrected chi connectivity index (χ0v) is 7.51. The smallest absolute Gasteiger partial charge is 0.141 e. The van der Waals surface area contributed by atoms with Crippen LogP contribution in [0.25, 0.3) is 0 Å². The van der Waals surface area contributed by atoms with Gasteiger partial charge in [-0.3, -0.25) is 0 Å². The average Bonchev–Trinajstić information content (AvgIpc) is 2.09. The van der Waals surface area contributed by atoms with Crippen molar-refractivity contribution in [3.05, 3.63) is 24.1 Å². The Balaban J connectivity index is 2.58. The molecule has 0 amide bonds. The monoisotopic (exact) mass is 187 g/mol. The Hall–Kier alpha value is -0.610. The zero-order valence-electron chi connectivity index (χ0n) is 6.70. The van der Waals surface area contributed by atoms with Crippen molar-refractivity contribution in [2.24, 2.45) is 0 Å². The van der Waals surface area contributed by atoms with E-state index in [0.29, 0.717) is 0 Å². The molecule has 0 bridgehead atoms. The summed E-state index contributed by atoms with van der Waals surface area (Å²) in [6.07, 6.45) is 1.17. The van der Waals surface area contributed by atoms with Crippen molar-refractivity contribution in [1.82, 2.24) is 4.98 Å². The van der Waals surface area contributed by atoms with E-state index in [2.05, 4.69) is 4.98 Å². The van der Waals surface area contributed by atoms with Gasteiger partial charge in [0.1, 0.15) is 5.82 Å². The third-order valence-corrected chi connectivity index (χ3v) is 2.31. The van der Waals surface area contributed by atoms with E-state index < -0.39 is 0 Å². The van der Waals surface area contributed by atoms with Crippen molar-refractivity contribution >= 4 is 11.8 Å². The van der Waals surface area contributed by atoms with Gasteiger partial charge in [0.25, 0.3) is 0 Å². The van der Waals surface area contributed by atoms with Crippen molar-refractivity contribution in [1.29, 1.82) is 0 Å². The molecule has 12 heavy (non-hydrogen) atoms. The van der Waals surface area contributed by atoms with Gasteiger partial charge >= 0.3 is 0 Å². The highest BCUT2D eigenvalue weighted by Gasteiger charge is 2.03. The molecule has 0 radical (unpaired) electrons. The van der Waals surface area contributed by atoms with Crippen LogP contribution in [-0.4, -0.2) is 21.9 Å². The zero-order chi connectivity index (χ0) is 8.97. The van der Waals surface area contributed by atoms with Gasteiger partial charge in [-0.25, -0.2) is 9.37 Å². The third kappa shape index (κ3) is 2.79. The molecule has 0 aromatic carbocycles. The van der Waals surface area contributed by atoms with Crippen LogP contribution in [0.2, 0.25) is 0 Å². The lowest BCUT2D eigenvalue weighted by atomic mass is 10.5. The van der Waals surface area contributed by atoms with Crippen molar-refractivity contribution < 1.29 is 9.50 Å². The van der Waals surface area contributed by atoms with E-state index in [1.54, 1.807) is 6.07 Å². The first-order chi connectivity index (χ1) is 5.72. The minimum absolute atomic E-state index is 0.1000. The molecule has 66 valence electrons. The highest BCUT2D eigenvalue weighted by Crippen LogP contribution is 2.19. The molecule has 0 spiro atoms. The molecule has 1 heterocycles. The maximum absolute atomic E-state index is 12.4. The van der Waals surface area contributed by atoms with Gasteiger partial charge in [0.2, 0.25) is 0 Å². The number of aliphatic hydroxyl groups is 1. The van der Waals surface area contributed by atoms with E-state index in [9.17, 15) is 4.39 Å². The summed E-state index contributed by atoms with van der Waals surface area (Å²) >= 11 is 1.42. The highest BCUT2D eigenvalue weighted by molar-refractivity contribution is 7.99. The summed E-state index contributed by atoms with van der Waals surface area (Å²) in [7, 11) is 0. The molecule has 0 aliphatic rings. The lowest BCUT2D eigenvalue weighted by molar-refractivity contribution is 0.300. The van der Waals surface area contributed by atoms with Gasteiger partial charge in [-0.05, 0) is 12.1 Å². The Morgan fingerprint density at radius 2 is 2.42 bits per heavy atom. The number of thioether (sulfide) groups is 1. The second kappa shape index (κ2) is 4.42. The third-order valence-electron chi connectivity index (χ3n) is 1.28. The maximum Gasteiger partial charge on any atom is 0.141 e. The summed E-state index contributed by atoms with van der Waals surface area (Å²) in [6, 6.07) is 2.96. The predicted molar refractivity (Wildman–Crippen MR) is 46.6 cm³/mol. The summed E-state index contributed by atoms with van der Waals surface area (Å²) in [4.78, 5) is 3.84. The van der Waals surface area contributed by atoms with Gasteiger partial charge in [0.15, 0.2) is 0 Å². The van der Waals surface area contributed by atoms with Crippen LogP contribution in [0, 0.1) is 5.82 Å². The highest BCUT2D eigenvalue weighted by atomic mass is 32.2. The van der Waals surface area contributed by atoms with Crippen LogP contribution in [0.5, 0.6) is 0 Å². The largest absolute Gasteiger partial charge is 0.395 e. The van der Waals surface area contributed by atoms with Crippen molar-refractivity contribution in [2.75, 3.05) is 6.61 Å². The molecule has 1 N–H and O–H groups in total.